The maximum atomic E-state index is 13.0. The highest BCUT2D eigenvalue weighted by Crippen LogP contribution is 2.34. The van der Waals surface area contributed by atoms with Gasteiger partial charge in [0.2, 0.25) is 17.6 Å². The Morgan fingerprint density at radius 2 is 2.25 bits per heavy atom. The summed E-state index contributed by atoms with van der Waals surface area (Å²) in [6.07, 6.45) is 1.20. The lowest BCUT2D eigenvalue weighted by Gasteiger charge is -2.07. The molecule has 0 aliphatic rings. The number of nitrogens with zero attached hydrogens (tertiary/aromatic N) is 3. The van der Waals surface area contributed by atoms with E-state index >= 15 is 0 Å². The van der Waals surface area contributed by atoms with Crippen molar-refractivity contribution in [1.29, 1.82) is 0 Å². The maximum Gasteiger partial charge on any atom is 0.314 e. The molecule has 20 heavy (non-hydrogen) atoms. The predicted molar refractivity (Wildman–Crippen MR) is 68.0 cm³/mol. The summed E-state index contributed by atoms with van der Waals surface area (Å²) >= 11 is 5.80. The van der Waals surface area contributed by atoms with Crippen LogP contribution in [-0.2, 0) is 0 Å². The summed E-state index contributed by atoms with van der Waals surface area (Å²) < 4.78 is 18.2. The Hall–Kier alpha value is -2.52. The third kappa shape index (κ3) is 2.90. The molecule has 3 N–H and O–H groups in total. The Kier molecular flexibility index (Phi) is 3.91. The van der Waals surface area contributed by atoms with Crippen LogP contribution in [0.5, 0.6) is 11.6 Å². The van der Waals surface area contributed by atoms with Crippen molar-refractivity contribution in [2.45, 2.75) is 0 Å². The van der Waals surface area contributed by atoms with Crippen LogP contribution >= 0.6 is 11.6 Å². The quantitative estimate of drug-likeness (QED) is 0.505. The fourth-order valence-electron chi connectivity index (χ4n) is 1.32. The molecule has 2 rings (SSSR count). The molecule has 1 aromatic carbocycles. The fraction of sp³-hybridized carbons (Fsp3) is 0. The molecule has 8 nitrogen and oxygen atoms in total. The first-order chi connectivity index (χ1) is 9.51. The molecule has 0 spiro atoms. The third-order valence-electron chi connectivity index (χ3n) is 2.17. The lowest BCUT2D eigenvalue weighted by molar-refractivity contribution is -0.385. The largest absolute Gasteiger partial charge is 0.430 e. The van der Waals surface area contributed by atoms with E-state index in [1.807, 2.05) is 0 Å². The average molecular weight is 300 g/mol. The van der Waals surface area contributed by atoms with E-state index in [2.05, 4.69) is 15.4 Å². The van der Waals surface area contributed by atoms with E-state index < -0.39 is 16.4 Å². The van der Waals surface area contributed by atoms with E-state index in [9.17, 15) is 14.5 Å². The van der Waals surface area contributed by atoms with Gasteiger partial charge in [-0.1, -0.05) is 11.6 Å². The number of hydrogen-bond acceptors (Lipinski definition) is 7. The topological polar surface area (TPSA) is 116 Å². The summed E-state index contributed by atoms with van der Waals surface area (Å²) in [7, 11) is 0. The van der Waals surface area contributed by atoms with Crippen molar-refractivity contribution in [3.05, 3.63) is 45.4 Å². The molecular formula is C10H7ClFN5O3. The van der Waals surface area contributed by atoms with Gasteiger partial charge in [0.05, 0.1) is 17.2 Å². The van der Waals surface area contributed by atoms with Gasteiger partial charge in [-0.25, -0.2) is 15.2 Å². The minimum absolute atomic E-state index is 0.00849. The van der Waals surface area contributed by atoms with Crippen molar-refractivity contribution in [3.63, 3.8) is 0 Å². The van der Waals surface area contributed by atoms with Crippen LogP contribution in [0.1, 0.15) is 0 Å². The molecule has 10 heteroatoms. The van der Waals surface area contributed by atoms with Gasteiger partial charge in [0.15, 0.2) is 0 Å². The summed E-state index contributed by atoms with van der Waals surface area (Å²) in [5.41, 5.74) is 1.62. The van der Waals surface area contributed by atoms with Crippen LogP contribution in [0.15, 0.2) is 24.4 Å². The summed E-state index contributed by atoms with van der Waals surface area (Å²) in [5, 5.41) is 10.8. The number of aromatic nitrogens is 2. The van der Waals surface area contributed by atoms with Gasteiger partial charge in [0.1, 0.15) is 10.8 Å². The van der Waals surface area contributed by atoms with E-state index in [4.69, 9.17) is 22.2 Å². The number of nitrogens with one attached hydrogen (secondary N) is 1. The van der Waals surface area contributed by atoms with Crippen molar-refractivity contribution >= 4 is 23.2 Å². The van der Waals surface area contributed by atoms with Crippen LogP contribution in [0.25, 0.3) is 0 Å². The van der Waals surface area contributed by atoms with Gasteiger partial charge in [-0.05, 0) is 12.1 Å². The number of benzene rings is 1. The predicted octanol–water partition coefficient (Wildman–Crippen LogP) is 2.26. The number of nitro benzene ring substituents is 1. The minimum atomic E-state index is -0.782. The number of anilines is 1. The normalized spacial score (nSPS) is 10.2. The standard InChI is InChI=1S/C10H7ClFN5O3/c11-6-4-14-10(16-13)15-9(6)20-8-2-1-5(12)3-7(8)17(18)19/h1-4H,13H2,(H,14,15,16). The summed E-state index contributed by atoms with van der Waals surface area (Å²) in [6, 6.07) is 2.84. The molecule has 0 bridgehead atoms. The number of nitrogen functional groups attached to an aromatic ring is 1. The molecule has 2 aromatic rings. The number of hydrogen-bond donors (Lipinski definition) is 2. The van der Waals surface area contributed by atoms with Crippen LogP contribution in [0.2, 0.25) is 5.02 Å². The average Bonchev–Trinajstić information content (AvgIpc) is 2.42. The second-order valence-electron chi connectivity index (χ2n) is 3.46. The number of hydrazine groups is 1. The smallest absolute Gasteiger partial charge is 0.314 e. The second kappa shape index (κ2) is 5.63. The number of halogens is 2. The monoisotopic (exact) mass is 299 g/mol. The van der Waals surface area contributed by atoms with E-state index in [1.54, 1.807) is 0 Å². The van der Waals surface area contributed by atoms with E-state index in [0.717, 1.165) is 18.2 Å². The number of rotatable bonds is 4. The summed E-state index contributed by atoms with van der Waals surface area (Å²) in [6.45, 7) is 0. The van der Waals surface area contributed by atoms with E-state index in [0.29, 0.717) is 0 Å². The molecule has 0 unspecified atom stereocenters. The number of nitro groups is 1. The first-order valence-electron chi connectivity index (χ1n) is 5.12. The highest BCUT2D eigenvalue weighted by Gasteiger charge is 2.19. The molecule has 0 saturated carbocycles. The molecule has 0 fully saturated rings. The van der Waals surface area contributed by atoms with Gasteiger partial charge >= 0.3 is 5.69 Å². The molecule has 1 aromatic heterocycles. The summed E-state index contributed by atoms with van der Waals surface area (Å²) in [5.74, 6) is 4.02. The molecule has 0 aliphatic carbocycles. The van der Waals surface area contributed by atoms with Crippen molar-refractivity contribution in [1.82, 2.24) is 9.97 Å². The van der Waals surface area contributed by atoms with E-state index in [1.165, 1.54) is 6.20 Å². The molecule has 0 radical (unpaired) electrons. The lowest BCUT2D eigenvalue weighted by Crippen LogP contribution is -2.10. The number of nitrogens with two attached hydrogens (primary N) is 1. The van der Waals surface area contributed by atoms with Gasteiger partial charge in [-0.2, -0.15) is 4.98 Å². The lowest BCUT2D eigenvalue weighted by atomic mass is 10.3. The molecule has 0 saturated heterocycles. The van der Waals surface area contributed by atoms with Crippen molar-refractivity contribution in [3.8, 4) is 11.6 Å². The third-order valence-corrected chi connectivity index (χ3v) is 2.42. The van der Waals surface area contributed by atoms with Crippen LogP contribution in [0.4, 0.5) is 16.0 Å². The Morgan fingerprint density at radius 1 is 1.50 bits per heavy atom. The molecular weight excluding hydrogens is 293 g/mol. The van der Waals surface area contributed by atoms with Crippen LogP contribution in [0.3, 0.4) is 0 Å². The minimum Gasteiger partial charge on any atom is -0.430 e. The molecule has 1 heterocycles. The van der Waals surface area contributed by atoms with Gasteiger partial charge in [0.25, 0.3) is 0 Å². The van der Waals surface area contributed by atoms with Crippen LogP contribution < -0.4 is 16.0 Å². The zero-order valence-corrected chi connectivity index (χ0v) is 10.5. The summed E-state index contributed by atoms with van der Waals surface area (Å²) in [4.78, 5) is 17.6. The van der Waals surface area contributed by atoms with E-state index in [-0.39, 0.29) is 22.6 Å². The highest BCUT2D eigenvalue weighted by molar-refractivity contribution is 6.31. The molecule has 0 amide bonds. The Balaban J connectivity index is 2.42. The Bertz CT molecular complexity index is 669. The first-order valence-corrected chi connectivity index (χ1v) is 5.50. The van der Waals surface area contributed by atoms with Crippen LogP contribution in [0, 0.1) is 15.9 Å². The molecule has 104 valence electrons. The zero-order valence-electron chi connectivity index (χ0n) is 9.71. The highest BCUT2D eigenvalue weighted by atomic mass is 35.5. The first kappa shape index (κ1) is 13.9. The number of ether oxygens (including phenoxy) is 1. The Labute approximate surface area is 116 Å². The van der Waals surface area contributed by atoms with Gasteiger partial charge in [0, 0.05) is 0 Å². The van der Waals surface area contributed by atoms with Crippen LogP contribution in [-0.4, -0.2) is 14.9 Å². The van der Waals surface area contributed by atoms with Crippen molar-refractivity contribution in [2.75, 3.05) is 5.43 Å². The van der Waals surface area contributed by atoms with Gasteiger partial charge in [-0.15, -0.1) is 0 Å². The maximum absolute atomic E-state index is 13.0. The van der Waals surface area contributed by atoms with Gasteiger partial charge in [-0.3, -0.25) is 15.5 Å². The molecule has 0 atom stereocenters. The SMILES string of the molecule is NNc1ncc(Cl)c(Oc2ccc(F)cc2[N+](=O)[O-])n1. The van der Waals surface area contributed by atoms with Crippen molar-refractivity contribution in [2.24, 2.45) is 5.84 Å². The van der Waals surface area contributed by atoms with Crippen molar-refractivity contribution < 1.29 is 14.1 Å². The Morgan fingerprint density at radius 3 is 2.90 bits per heavy atom. The second-order valence-corrected chi connectivity index (χ2v) is 3.87. The fourth-order valence-corrected chi connectivity index (χ4v) is 1.45. The van der Waals surface area contributed by atoms with Gasteiger partial charge < -0.3 is 4.74 Å². The zero-order chi connectivity index (χ0) is 14.7. The molecule has 0 aliphatic heterocycles.